The minimum Gasteiger partial charge on any atom is -0.507 e. The first-order chi connectivity index (χ1) is 42.1. The van der Waals surface area contributed by atoms with Crippen molar-refractivity contribution in [2.24, 2.45) is 23.7 Å². The molecule has 10 rings (SSSR count). The SMILES string of the molecule is CCC(C)C1OC2(C=CC1C)CC1CC(CC=C(C)C(OC3CC(OC)C(OC4CC(OC)C(O)C(C)O4)C(C)O3)C(C)C=CC=C3COC4C(O)C(C)=CC(C(=O)O1)C34O)O2.COC(=O)c1c(C)c2c(c(C)c1O)OC(=O)c1c(C)c(Cl)c(O)c(Cl)c1O2. The molecule has 4 saturated heterocycles. The topological polar surface area (TPSA) is 272 Å². The van der Waals surface area contributed by atoms with Crippen LogP contribution in [0.2, 0.25) is 10.0 Å². The third kappa shape index (κ3) is 13.4. The van der Waals surface area contributed by atoms with Gasteiger partial charge in [0, 0.05) is 62.9 Å². The zero-order valence-electron chi connectivity index (χ0n) is 52.9. The fourth-order valence-electron chi connectivity index (χ4n) is 13.4. The smallest absolute Gasteiger partial charge is 0.347 e. The molecule has 8 aliphatic rings. The predicted octanol–water partition coefficient (Wildman–Crippen LogP) is 9.82. The molecule has 0 aromatic heterocycles. The monoisotopic (exact) mass is 1280 g/mol. The highest BCUT2D eigenvalue weighted by Crippen LogP contribution is 2.54. The Kier molecular flexibility index (Phi) is 21.3. The maximum atomic E-state index is 14.3. The fraction of sp³-hybridized carbons (Fsp3) is 0.621. The summed E-state index contributed by atoms with van der Waals surface area (Å²) in [6.07, 6.45) is 8.55. The van der Waals surface area contributed by atoms with Gasteiger partial charge in [0.1, 0.15) is 63.9 Å². The Hall–Kier alpha value is -4.95. The van der Waals surface area contributed by atoms with Gasteiger partial charge in [-0.3, -0.25) is 4.79 Å². The molecular formula is C66H86Cl2O21. The van der Waals surface area contributed by atoms with Crippen LogP contribution in [0.4, 0.5) is 0 Å². The van der Waals surface area contributed by atoms with Crippen molar-refractivity contribution in [3.8, 4) is 28.7 Å². The van der Waals surface area contributed by atoms with Crippen LogP contribution in [0.3, 0.4) is 0 Å². The highest BCUT2D eigenvalue weighted by Gasteiger charge is 2.60. The quantitative estimate of drug-likeness (QED) is 0.0887. The molecule has 1 aliphatic carbocycles. The molecular weight excluding hydrogens is 1200 g/mol. The summed E-state index contributed by atoms with van der Waals surface area (Å²) in [4.78, 5) is 39.1. The second-order valence-electron chi connectivity index (χ2n) is 24.9. The first kappa shape index (κ1) is 68.4. The number of methoxy groups -OCH3 is 3. The predicted molar refractivity (Wildman–Crippen MR) is 324 cm³/mol. The molecule has 0 radical (unpaired) electrons. The van der Waals surface area contributed by atoms with Crippen molar-refractivity contribution in [2.45, 2.75) is 212 Å². The highest BCUT2D eigenvalue weighted by molar-refractivity contribution is 6.39. The summed E-state index contributed by atoms with van der Waals surface area (Å²) in [5.74, 6) is -5.30. The zero-order valence-corrected chi connectivity index (χ0v) is 54.4. The van der Waals surface area contributed by atoms with Gasteiger partial charge < -0.3 is 87.1 Å². The largest absolute Gasteiger partial charge is 0.507 e. The number of halogens is 2. The molecule has 20 atom stereocenters. The molecule has 7 heterocycles. The lowest BCUT2D eigenvalue weighted by Gasteiger charge is -2.48. The first-order valence-corrected chi connectivity index (χ1v) is 31.3. The Balaban J connectivity index is 0.000000290. The number of rotatable bonds is 9. The van der Waals surface area contributed by atoms with E-state index < -0.39 is 114 Å². The molecule has 1 spiro atoms. The van der Waals surface area contributed by atoms with Crippen molar-refractivity contribution >= 4 is 41.1 Å². The van der Waals surface area contributed by atoms with E-state index in [4.69, 9.17) is 84.8 Å². The normalized spacial score (nSPS) is 36.5. The molecule has 23 heteroatoms. The van der Waals surface area contributed by atoms with Crippen LogP contribution in [0.1, 0.15) is 131 Å². The van der Waals surface area contributed by atoms with Crippen molar-refractivity contribution in [3.63, 3.8) is 0 Å². The van der Waals surface area contributed by atoms with Crippen molar-refractivity contribution in [3.05, 3.63) is 97.1 Å². The lowest BCUT2D eigenvalue weighted by Crippen LogP contribution is -2.58. The Bertz CT molecular complexity index is 3160. The van der Waals surface area contributed by atoms with Crippen molar-refractivity contribution in [1.82, 2.24) is 0 Å². The molecule has 5 N–H and O–H groups in total. The van der Waals surface area contributed by atoms with Crippen molar-refractivity contribution in [2.75, 3.05) is 27.9 Å². The second kappa shape index (κ2) is 27.7. The van der Waals surface area contributed by atoms with Gasteiger partial charge in [0.05, 0.1) is 61.5 Å². The molecule has 2 aromatic rings. The number of aromatic hydroxyl groups is 2. The molecule has 2 aromatic carbocycles. The maximum Gasteiger partial charge on any atom is 0.347 e. The van der Waals surface area contributed by atoms with Crippen LogP contribution in [-0.2, 0) is 56.9 Å². The number of hydrogen-bond donors (Lipinski definition) is 5. The first-order valence-electron chi connectivity index (χ1n) is 30.5. The van der Waals surface area contributed by atoms with Crippen molar-refractivity contribution in [1.29, 1.82) is 0 Å². The van der Waals surface area contributed by atoms with Crippen LogP contribution in [0, 0.1) is 44.4 Å². The van der Waals surface area contributed by atoms with Crippen LogP contribution in [0.15, 0.2) is 59.3 Å². The molecule has 4 fully saturated rings. The van der Waals surface area contributed by atoms with Gasteiger partial charge in [-0.1, -0.05) is 93.8 Å². The number of aliphatic hydroxyl groups excluding tert-OH is 2. The molecule has 21 nitrogen and oxygen atoms in total. The number of allylic oxidation sites excluding steroid dienone is 2. The number of ether oxygens (including phenoxy) is 13. The summed E-state index contributed by atoms with van der Waals surface area (Å²) in [5.41, 5.74) is 0.398. The van der Waals surface area contributed by atoms with Gasteiger partial charge in [0.25, 0.3) is 0 Å². The van der Waals surface area contributed by atoms with E-state index in [1.165, 1.54) is 27.9 Å². The number of carbonyl (C=O) groups excluding carboxylic acids is 3. The van der Waals surface area contributed by atoms with E-state index in [-0.39, 0.29) is 97.8 Å². The Morgan fingerprint density at radius 2 is 1.46 bits per heavy atom. The molecule has 89 heavy (non-hydrogen) atoms. The summed E-state index contributed by atoms with van der Waals surface area (Å²) in [7, 11) is 4.38. The summed E-state index contributed by atoms with van der Waals surface area (Å²) >= 11 is 12.2. The number of aliphatic hydroxyl groups is 3. The molecule has 7 aliphatic heterocycles. The third-order valence-corrected chi connectivity index (χ3v) is 19.7. The summed E-state index contributed by atoms with van der Waals surface area (Å²) in [6.45, 7) is 20.5. The molecule has 490 valence electrons. The zero-order chi connectivity index (χ0) is 64.9. The minimum absolute atomic E-state index is 0.0131. The van der Waals surface area contributed by atoms with Crippen LogP contribution in [0.25, 0.3) is 0 Å². The number of hydrogen-bond acceptors (Lipinski definition) is 21. The third-order valence-electron chi connectivity index (χ3n) is 18.9. The van der Waals surface area contributed by atoms with Crippen LogP contribution < -0.4 is 9.47 Å². The number of carbonyl (C=O) groups is 3. The standard InChI is InChI=1S/C48H72O14.C18H14Cl2O7/c1-11-25(2)43-28(5)17-18-47(62-43)23-34-20-33(61-47)16-15-27(4)42(26(3)13-12-14-32-24-55-45-40(49)29(6)19-35(46(51)58-34)48(32,45)52)59-39-22-37(54-10)44(31(8)57-39)60-38-21-36(53-9)41(50)30(7)56-38;1-5-9-16(11(20)13(22)10(5)19)26-14-6(2)8(17(23)25-4)12(21)7(3)15(14)27-18(9)24/h12-15,17-19,25-26,28,30-31,33-45,49-50,52H,11,16,20-24H2,1-10H3;21-22H,1-4H3. The van der Waals surface area contributed by atoms with Crippen LogP contribution >= 0.6 is 23.2 Å². The number of phenolic OH excluding ortho intramolecular Hbond substituents is 2. The van der Waals surface area contributed by atoms with Gasteiger partial charge in [-0.25, -0.2) is 9.59 Å². The van der Waals surface area contributed by atoms with Gasteiger partial charge in [-0.15, -0.1) is 0 Å². The lowest BCUT2D eigenvalue weighted by molar-refractivity contribution is -0.318. The van der Waals surface area contributed by atoms with Crippen molar-refractivity contribution < 1.29 is 101 Å². The van der Waals surface area contributed by atoms with E-state index in [0.29, 0.717) is 43.3 Å². The highest BCUT2D eigenvalue weighted by atomic mass is 35.5. The number of fused-ring (bicyclic) bond motifs is 4. The van der Waals surface area contributed by atoms with E-state index in [2.05, 4.69) is 39.8 Å². The molecule has 2 bridgehead atoms. The average Bonchev–Trinajstić information content (AvgIpc) is 1.72. The fourth-order valence-corrected chi connectivity index (χ4v) is 13.9. The van der Waals surface area contributed by atoms with E-state index >= 15 is 0 Å². The van der Waals surface area contributed by atoms with Crippen LogP contribution in [-0.4, -0.2) is 169 Å². The summed E-state index contributed by atoms with van der Waals surface area (Å²) in [5, 5.41) is 54.3. The van der Waals surface area contributed by atoms with Crippen LogP contribution in [0.5, 0.6) is 28.7 Å². The van der Waals surface area contributed by atoms with E-state index in [1.807, 2.05) is 32.1 Å². The Labute approximate surface area is 529 Å². The maximum absolute atomic E-state index is 14.3. The minimum atomic E-state index is -1.84. The Morgan fingerprint density at radius 1 is 0.787 bits per heavy atom. The molecule has 20 unspecified atom stereocenters. The summed E-state index contributed by atoms with van der Waals surface area (Å²) < 4.78 is 79.6. The van der Waals surface area contributed by atoms with Gasteiger partial charge in [-0.2, -0.15) is 0 Å². The van der Waals surface area contributed by atoms with E-state index in [0.717, 1.165) is 12.0 Å². The van der Waals surface area contributed by atoms with Gasteiger partial charge in [0.15, 0.2) is 41.4 Å². The lowest BCUT2D eigenvalue weighted by atomic mass is 9.71. The van der Waals surface area contributed by atoms with Gasteiger partial charge in [0.2, 0.25) is 0 Å². The molecule has 0 saturated carbocycles. The van der Waals surface area contributed by atoms with E-state index in [1.54, 1.807) is 40.2 Å². The number of benzene rings is 2. The summed E-state index contributed by atoms with van der Waals surface area (Å²) in [6, 6.07) is 0. The number of phenols is 2. The van der Waals surface area contributed by atoms with Gasteiger partial charge in [-0.05, 0) is 89.2 Å². The average molecular weight is 1290 g/mol. The second-order valence-corrected chi connectivity index (χ2v) is 25.6. The molecule has 0 amide bonds. The number of esters is 3. The van der Waals surface area contributed by atoms with E-state index in [9.17, 15) is 39.9 Å². The van der Waals surface area contributed by atoms with Gasteiger partial charge >= 0.3 is 17.9 Å². The Morgan fingerprint density at radius 3 is 2.15 bits per heavy atom.